The highest BCUT2D eigenvalue weighted by atomic mass is 19.1. The van der Waals surface area contributed by atoms with E-state index in [1.165, 1.54) is 0 Å². The van der Waals surface area contributed by atoms with Gasteiger partial charge in [-0.1, -0.05) is 30.3 Å². The number of anilines is 1. The molecule has 0 radical (unpaired) electrons. The molecule has 0 saturated heterocycles. The lowest BCUT2D eigenvalue weighted by Gasteiger charge is -2.24. The fourth-order valence-corrected chi connectivity index (χ4v) is 2.15. The zero-order chi connectivity index (χ0) is 17.7. The summed E-state index contributed by atoms with van der Waals surface area (Å²) in [7, 11) is 1.15. The Labute approximate surface area is 138 Å². The minimum absolute atomic E-state index is 0.0670. The van der Waals surface area contributed by atoms with E-state index in [4.69, 9.17) is 0 Å². The smallest absolute Gasteiger partial charge is 0.319 e. The average molecular weight is 336 g/mol. The Morgan fingerprint density at radius 1 is 1.21 bits per heavy atom. The number of hydrogen-bond acceptors (Lipinski definition) is 3. The molecule has 128 valence electrons. The predicted octanol–water partition coefficient (Wildman–Crippen LogP) is 3.00. The van der Waals surface area contributed by atoms with Gasteiger partial charge in [0.15, 0.2) is 17.4 Å². The van der Waals surface area contributed by atoms with Crippen LogP contribution in [0.5, 0.6) is 5.75 Å². The highest BCUT2D eigenvalue weighted by Crippen LogP contribution is 2.25. The Morgan fingerprint density at radius 3 is 2.33 bits per heavy atom. The number of amides is 2. The Kier molecular flexibility index (Phi) is 5.35. The average Bonchev–Trinajstić information content (AvgIpc) is 2.54. The summed E-state index contributed by atoms with van der Waals surface area (Å²) >= 11 is 0. The van der Waals surface area contributed by atoms with Gasteiger partial charge < -0.3 is 20.5 Å². The molecule has 0 spiro atoms. The standard InChI is InChI=1S/C17H18F2N2O3/c1-17(23,11-6-4-3-5-7-11)10-20-16(22)21-12-8-13(18)15(24-2)14(19)9-12/h3-9,23H,10H2,1-2H3,(H2,20,21,22). The van der Waals surface area contributed by atoms with Crippen molar-refractivity contribution in [3.8, 4) is 5.75 Å². The Morgan fingerprint density at radius 2 is 1.79 bits per heavy atom. The fraction of sp³-hybridized carbons (Fsp3) is 0.235. The molecule has 2 rings (SSSR count). The molecule has 0 heterocycles. The molecule has 5 nitrogen and oxygen atoms in total. The van der Waals surface area contributed by atoms with E-state index in [9.17, 15) is 18.7 Å². The number of nitrogens with one attached hydrogen (secondary N) is 2. The second kappa shape index (κ2) is 7.27. The summed E-state index contributed by atoms with van der Waals surface area (Å²) in [6, 6.07) is 10.00. The molecule has 0 aromatic heterocycles. The van der Waals surface area contributed by atoms with Crippen molar-refractivity contribution >= 4 is 11.7 Å². The summed E-state index contributed by atoms with van der Waals surface area (Å²) in [5.41, 5.74) is -0.718. The SMILES string of the molecule is COc1c(F)cc(NC(=O)NCC(C)(O)c2ccccc2)cc1F. The lowest BCUT2D eigenvalue weighted by Crippen LogP contribution is -2.40. The summed E-state index contributed by atoms with van der Waals surface area (Å²) < 4.78 is 31.7. The second-order valence-electron chi connectivity index (χ2n) is 5.42. The van der Waals surface area contributed by atoms with Gasteiger partial charge in [0.1, 0.15) is 5.60 Å². The van der Waals surface area contributed by atoms with Crippen LogP contribution in [0.4, 0.5) is 19.3 Å². The first-order valence-electron chi connectivity index (χ1n) is 7.19. The van der Waals surface area contributed by atoms with E-state index in [2.05, 4.69) is 15.4 Å². The molecule has 7 heteroatoms. The van der Waals surface area contributed by atoms with Gasteiger partial charge in [0.2, 0.25) is 0 Å². The number of halogens is 2. The number of urea groups is 1. The molecular weight excluding hydrogens is 318 g/mol. The number of methoxy groups -OCH3 is 1. The summed E-state index contributed by atoms with van der Waals surface area (Å²) in [6.07, 6.45) is 0. The van der Waals surface area contributed by atoms with Crippen molar-refractivity contribution in [2.75, 3.05) is 19.0 Å². The molecule has 3 N–H and O–H groups in total. The number of hydrogen-bond donors (Lipinski definition) is 3. The predicted molar refractivity (Wildman–Crippen MR) is 85.9 cm³/mol. The molecule has 2 aromatic carbocycles. The zero-order valence-corrected chi connectivity index (χ0v) is 13.3. The molecule has 0 aliphatic heterocycles. The maximum absolute atomic E-state index is 13.6. The van der Waals surface area contributed by atoms with Crippen LogP contribution < -0.4 is 15.4 Å². The summed E-state index contributed by atoms with van der Waals surface area (Å²) in [6.45, 7) is 1.47. The molecule has 0 aliphatic rings. The number of benzene rings is 2. The van der Waals surface area contributed by atoms with Crippen molar-refractivity contribution in [1.29, 1.82) is 0 Å². The van der Waals surface area contributed by atoms with E-state index in [-0.39, 0.29) is 12.2 Å². The van der Waals surface area contributed by atoms with Crippen LogP contribution in [0.15, 0.2) is 42.5 Å². The van der Waals surface area contributed by atoms with Gasteiger partial charge in [0, 0.05) is 17.8 Å². The van der Waals surface area contributed by atoms with Crippen molar-refractivity contribution in [2.24, 2.45) is 0 Å². The van der Waals surface area contributed by atoms with E-state index >= 15 is 0 Å². The van der Waals surface area contributed by atoms with Crippen molar-refractivity contribution in [3.63, 3.8) is 0 Å². The molecular formula is C17H18F2N2O3. The van der Waals surface area contributed by atoms with Gasteiger partial charge in [-0.15, -0.1) is 0 Å². The van der Waals surface area contributed by atoms with Crippen molar-refractivity contribution < 1.29 is 23.4 Å². The third-order valence-corrected chi connectivity index (χ3v) is 3.45. The lowest BCUT2D eigenvalue weighted by molar-refractivity contribution is 0.0599. The summed E-state index contributed by atoms with van der Waals surface area (Å²) in [4.78, 5) is 11.9. The van der Waals surface area contributed by atoms with E-state index < -0.39 is 29.0 Å². The van der Waals surface area contributed by atoms with E-state index in [1.54, 1.807) is 31.2 Å². The number of carbonyl (C=O) groups excluding carboxylic acids is 1. The first-order valence-corrected chi connectivity index (χ1v) is 7.19. The van der Waals surface area contributed by atoms with Crippen LogP contribution >= 0.6 is 0 Å². The Bertz CT molecular complexity index is 698. The molecule has 0 fully saturated rings. The lowest BCUT2D eigenvalue weighted by atomic mass is 9.96. The number of aliphatic hydroxyl groups is 1. The number of ether oxygens (including phenoxy) is 1. The molecule has 0 aliphatic carbocycles. The molecule has 1 atom stereocenters. The van der Waals surface area contributed by atoms with Gasteiger partial charge in [-0.2, -0.15) is 0 Å². The third-order valence-electron chi connectivity index (χ3n) is 3.45. The quantitative estimate of drug-likeness (QED) is 0.786. The largest absolute Gasteiger partial charge is 0.491 e. The minimum atomic E-state index is -1.28. The molecule has 2 amide bonds. The maximum Gasteiger partial charge on any atom is 0.319 e. The molecule has 0 saturated carbocycles. The highest BCUT2D eigenvalue weighted by molar-refractivity contribution is 5.89. The van der Waals surface area contributed by atoms with Gasteiger partial charge >= 0.3 is 6.03 Å². The first-order chi connectivity index (χ1) is 11.3. The van der Waals surface area contributed by atoms with Crippen LogP contribution in [0.1, 0.15) is 12.5 Å². The van der Waals surface area contributed by atoms with E-state index in [0.29, 0.717) is 5.56 Å². The first kappa shape index (κ1) is 17.7. The number of carbonyl (C=O) groups is 1. The molecule has 1 unspecified atom stereocenters. The Balaban J connectivity index is 1.99. The molecule has 0 bridgehead atoms. The van der Waals surface area contributed by atoms with Crippen molar-refractivity contribution in [3.05, 3.63) is 59.7 Å². The maximum atomic E-state index is 13.6. The van der Waals surface area contributed by atoms with Crippen LogP contribution in [0, 0.1) is 11.6 Å². The van der Waals surface area contributed by atoms with Gasteiger partial charge in [-0.3, -0.25) is 0 Å². The van der Waals surface area contributed by atoms with Crippen molar-refractivity contribution in [2.45, 2.75) is 12.5 Å². The molecule has 2 aromatic rings. The van der Waals surface area contributed by atoms with Gasteiger partial charge in [-0.25, -0.2) is 13.6 Å². The van der Waals surface area contributed by atoms with E-state index in [1.807, 2.05) is 6.07 Å². The summed E-state index contributed by atoms with van der Waals surface area (Å²) in [5.74, 6) is -2.37. The van der Waals surface area contributed by atoms with Gasteiger partial charge in [-0.05, 0) is 12.5 Å². The third kappa shape index (κ3) is 4.20. The summed E-state index contributed by atoms with van der Waals surface area (Å²) in [5, 5.41) is 15.1. The van der Waals surface area contributed by atoms with Crippen LogP contribution in [-0.4, -0.2) is 24.8 Å². The van der Waals surface area contributed by atoms with Crippen molar-refractivity contribution in [1.82, 2.24) is 5.32 Å². The zero-order valence-electron chi connectivity index (χ0n) is 13.3. The normalized spacial score (nSPS) is 13.0. The van der Waals surface area contributed by atoms with Crippen LogP contribution in [0.3, 0.4) is 0 Å². The fourth-order valence-electron chi connectivity index (χ4n) is 2.15. The van der Waals surface area contributed by atoms with Gasteiger partial charge in [0.25, 0.3) is 0 Å². The van der Waals surface area contributed by atoms with Crippen LogP contribution in [0.25, 0.3) is 0 Å². The van der Waals surface area contributed by atoms with Crippen LogP contribution in [0.2, 0.25) is 0 Å². The topological polar surface area (TPSA) is 70.6 Å². The highest BCUT2D eigenvalue weighted by Gasteiger charge is 2.23. The second-order valence-corrected chi connectivity index (χ2v) is 5.42. The number of rotatable bonds is 5. The monoisotopic (exact) mass is 336 g/mol. The Hall–Kier alpha value is -2.67. The van der Waals surface area contributed by atoms with E-state index in [0.717, 1.165) is 19.2 Å². The molecule has 24 heavy (non-hydrogen) atoms. The van der Waals surface area contributed by atoms with Gasteiger partial charge in [0.05, 0.1) is 13.7 Å². The van der Waals surface area contributed by atoms with Crippen LogP contribution in [-0.2, 0) is 5.60 Å². The minimum Gasteiger partial charge on any atom is -0.491 e.